The van der Waals surface area contributed by atoms with Crippen LogP contribution in [0.25, 0.3) is 0 Å². The molecule has 0 aromatic heterocycles. The van der Waals surface area contributed by atoms with Crippen LogP contribution in [0.2, 0.25) is 0 Å². The van der Waals surface area contributed by atoms with E-state index in [4.69, 9.17) is 24.4 Å². The van der Waals surface area contributed by atoms with E-state index in [0.29, 0.717) is 0 Å². The molecule has 0 amide bonds. The molecule has 80 valence electrons. The fourth-order valence-corrected chi connectivity index (χ4v) is 1.17. The van der Waals surface area contributed by atoms with Crippen molar-refractivity contribution in [2.75, 3.05) is 34.5 Å². The van der Waals surface area contributed by atoms with Gasteiger partial charge in [0.25, 0.3) is 0 Å². The molecule has 0 fully saturated rings. The second-order valence-corrected chi connectivity index (χ2v) is 2.61. The summed E-state index contributed by atoms with van der Waals surface area (Å²) in [5.74, 6) is 0. The normalized spacial score (nSPS) is 16.2. The van der Waals surface area contributed by atoms with Crippen LogP contribution in [-0.2, 0) is 14.2 Å². The molecule has 0 radical (unpaired) electrons. The van der Waals surface area contributed by atoms with Gasteiger partial charge in [-0.2, -0.15) is 0 Å². The van der Waals surface area contributed by atoms with Gasteiger partial charge in [0.2, 0.25) is 0 Å². The van der Waals surface area contributed by atoms with Gasteiger partial charge in [0, 0.05) is 21.3 Å². The number of aliphatic hydroxyl groups excluding tert-OH is 2. The van der Waals surface area contributed by atoms with Gasteiger partial charge < -0.3 is 24.4 Å². The molecule has 2 atom stereocenters. The highest BCUT2D eigenvalue weighted by Gasteiger charge is 2.28. The summed E-state index contributed by atoms with van der Waals surface area (Å²) in [4.78, 5) is 0. The highest BCUT2D eigenvalue weighted by Crippen LogP contribution is 2.09. The van der Waals surface area contributed by atoms with Crippen LogP contribution in [0.5, 0.6) is 0 Å². The molecule has 0 heterocycles. The second-order valence-electron chi connectivity index (χ2n) is 2.61. The first-order valence-electron chi connectivity index (χ1n) is 4.05. The molecular weight excluding hydrogens is 176 g/mol. The van der Waals surface area contributed by atoms with Crippen molar-refractivity contribution >= 4 is 0 Å². The van der Waals surface area contributed by atoms with Gasteiger partial charge in [-0.25, -0.2) is 0 Å². The summed E-state index contributed by atoms with van der Waals surface area (Å²) < 4.78 is 15.0. The van der Waals surface area contributed by atoms with Crippen molar-refractivity contribution in [3.63, 3.8) is 0 Å². The van der Waals surface area contributed by atoms with Crippen molar-refractivity contribution in [3.8, 4) is 0 Å². The third-order valence-corrected chi connectivity index (χ3v) is 1.97. The zero-order chi connectivity index (χ0) is 10.3. The predicted octanol–water partition coefficient (Wildman–Crippen LogP) is -0.984. The van der Waals surface area contributed by atoms with Crippen LogP contribution in [0, 0.1) is 0 Å². The van der Waals surface area contributed by atoms with Gasteiger partial charge in [-0.15, -0.1) is 0 Å². The lowest BCUT2D eigenvalue weighted by atomic mass is 10.1. The first kappa shape index (κ1) is 12.8. The van der Waals surface area contributed by atoms with Crippen LogP contribution in [0.15, 0.2) is 0 Å². The second kappa shape index (κ2) is 7.23. The minimum absolute atomic E-state index is 0.172. The van der Waals surface area contributed by atoms with Crippen molar-refractivity contribution in [3.05, 3.63) is 0 Å². The molecule has 0 unspecified atom stereocenters. The minimum atomic E-state index is -0.484. The van der Waals surface area contributed by atoms with E-state index < -0.39 is 18.3 Å². The Kier molecular flexibility index (Phi) is 7.12. The summed E-state index contributed by atoms with van der Waals surface area (Å²) in [6.07, 6.45) is -1.44. The molecule has 5 nitrogen and oxygen atoms in total. The van der Waals surface area contributed by atoms with Crippen LogP contribution in [0.4, 0.5) is 0 Å². The fraction of sp³-hybridized carbons (Fsp3) is 1.00. The lowest BCUT2D eigenvalue weighted by molar-refractivity contribution is -0.130. The van der Waals surface area contributed by atoms with Gasteiger partial charge >= 0.3 is 0 Å². The van der Waals surface area contributed by atoms with Crippen LogP contribution in [-0.4, -0.2) is 63.1 Å². The third kappa shape index (κ3) is 3.58. The third-order valence-electron chi connectivity index (χ3n) is 1.97. The molecule has 0 aromatic rings. The molecule has 0 saturated heterocycles. The SMILES string of the molecule is COC([C@H](CO)OC)[C@H](CO)OC. The summed E-state index contributed by atoms with van der Waals surface area (Å²) >= 11 is 0. The molecule has 5 heteroatoms. The first-order valence-corrected chi connectivity index (χ1v) is 4.05. The zero-order valence-electron chi connectivity index (χ0n) is 8.27. The number of hydrogen-bond acceptors (Lipinski definition) is 5. The van der Waals surface area contributed by atoms with Crippen molar-refractivity contribution in [2.24, 2.45) is 0 Å². The molecule has 13 heavy (non-hydrogen) atoms. The fourth-order valence-electron chi connectivity index (χ4n) is 1.17. The number of aliphatic hydroxyl groups is 2. The minimum Gasteiger partial charge on any atom is -0.394 e. The lowest BCUT2D eigenvalue weighted by Crippen LogP contribution is -2.44. The molecule has 0 spiro atoms. The summed E-state index contributed by atoms with van der Waals surface area (Å²) in [6, 6.07) is 0. The molecule has 2 N–H and O–H groups in total. The van der Waals surface area contributed by atoms with E-state index in [1.54, 1.807) is 0 Å². The topological polar surface area (TPSA) is 68.2 Å². The summed E-state index contributed by atoms with van der Waals surface area (Å²) in [7, 11) is 4.42. The smallest absolute Gasteiger partial charge is 0.114 e. The zero-order valence-corrected chi connectivity index (χ0v) is 8.27. The van der Waals surface area contributed by atoms with Gasteiger partial charge in [0.05, 0.1) is 13.2 Å². The summed E-state index contributed by atoms with van der Waals surface area (Å²) in [5, 5.41) is 17.9. The molecule has 0 saturated carbocycles. The maximum atomic E-state index is 8.93. The van der Waals surface area contributed by atoms with E-state index in [1.165, 1.54) is 21.3 Å². The highest BCUT2D eigenvalue weighted by atomic mass is 16.6. The van der Waals surface area contributed by atoms with Crippen molar-refractivity contribution in [2.45, 2.75) is 18.3 Å². The van der Waals surface area contributed by atoms with Gasteiger partial charge in [0.15, 0.2) is 0 Å². The lowest BCUT2D eigenvalue weighted by Gasteiger charge is -2.28. The molecule has 0 bridgehead atoms. The maximum Gasteiger partial charge on any atom is 0.114 e. The van der Waals surface area contributed by atoms with E-state index in [-0.39, 0.29) is 13.2 Å². The monoisotopic (exact) mass is 194 g/mol. The number of ether oxygens (including phenoxy) is 3. The Balaban J connectivity index is 4.26. The largest absolute Gasteiger partial charge is 0.394 e. The number of methoxy groups -OCH3 is 3. The summed E-state index contributed by atoms with van der Waals surface area (Å²) in [5.41, 5.74) is 0. The molecule has 0 aromatic carbocycles. The summed E-state index contributed by atoms with van der Waals surface area (Å²) in [6.45, 7) is -0.344. The van der Waals surface area contributed by atoms with Gasteiger partial charge in [-0.05, 0) is 0 Å². The molecule has 0 aliphatic rings. The Hall–Kier alpha value is -0.200. The molecule has 0 aliphatic heterocycles. The maximum absolute atomic E-state index is 8.93. The van der Waals surface area contributed by atoms with Crippen LogP contribution >= 0.6 is 0 Å². The van der Waals surface area contributed by atoms with Crippen molar-refractivity contribution < 1.29 is 24.4 Å². The van der Waals surface area contributed by atoms with Crippen LogP contribution in [0.3, 0.4) is 0 Å². The van der Waals surface area contributed by atoms with E-state index in [9.17, 15) is 0 Å². The van der Waals surface area contributed by atoms with E-state index in [1.807, 2.05) is 0 Å². The van der Waals surface area contributed by atoms with Crippen molar-refractivity contribution in [1.82, 2.24) is 0 Å². The first-order chi connectivity index (χ1) is 6.24. The van der Waals surface area contributed by atoms with E-state index in [2.05, 4.69) is 0 Å². The number of hydrogen-bond donors (Lipinski definition) is 2. The van der Waals surface area contributed by atoms with Gasteiger partial charge in [-0.1, -0.05) is 0 Å². The van der Waals surface area contributed by atoms with Gasteiger partial charge in [-0.3, -0.25) is 0 Å². The molecule has 0 rings (SSSR count). The Morgan fingerprint density at radius 2 is 1.23 bits per heavy atom. The Bertz CT molecular complexity index is 99.1. The average molecular weight is 194 g/mol. The van der Waals surface area contributed by atoms with E-state index >= 15 is 0 Å². The average Bonchev–Trinajstić information content (AvgIpc) is 2.18. The standard InChI is InChI=1S/C8H18O5/c1-11-6(4-9)8(13-3)7(5-10)12-2/h6-10H,4-5H2,1-3H3/t6-,7-/m0/s1. The quantitative estimate of drug-likeness (QED) is 0.545. The van der Waals surface area contributed by atoms with Crippen molar-refractivity contribution in [1.29, 1.82) is 0 Å². The predicted molar refractivity (Wildman–Crippen MR) is 46.6 cm³/mol. The van der Waals surface area contributed by atoms with Gasteiger partial charge in [0.1, 0.15) is 18.3 Å². The Labute approximate surface area is 78.2 Å². The highest BCUT2D eigenvalue weighted by molar-refractivity contribution is 4.78. The Morgan fingerprint density at radius 1 is 0.846 bits per heavy atom. The van der Waals surface area contributed by atoms with E-state index in [0.717, 1.165) is 0 Å². The Morgan fingerprint density at radius 3 is 1.38 bits per heavy atom. The van der Waals surface area contributed by atoms with Crippen LogP contribution in [0.1, 0.15) is 0 Å². The number of rotatable bonds is 7. The molecule has 0 aliphatic carbocycles. The molecular formula is C8H18O5. The van der Waals surface area contributed by atoms with Crippen LogP contribution < -0.4 is 0 Å².